The van der Waals surface area contributed by atoms with Crippen LogP contribution in [0.3, 0.4) is 0 Å². The van der Waals surface area contributed by atoms with Crippen LogP contribution in [0.25, 0.3) is 0 Å². The van der Waals surface area contributed by atoms with Crippen molar-refractivity contribution < 1.29 is 4.74 Å². The van der Waals surface area contributed by atoms with Gasteiger partial charge in [0.2, 0.25) is 0 Å². The highest BCUT2D eigenvalue weighted by Crippen LogP contribution is 2.31. The first-order chi connectivity index (χ1) is 9.01. The maximum absolute atomic E-state index is 6.32. The SMILES string of the molecule is CCCNC(c1cc(Cl)ccc1Cl)C(OC)C(C)C. The molecule has 0 aliphatic heterocycles. The normalized spacial score (nSPS) is 14.7. The van der Waals surface area contributed by atoms with Crippen LogP contribution in [0, 0.1) is 5.92 Å². The zero-order valence-electron chi connectivity index (χ0n) is 12.0. The van der Waals surface area contributed by atoms with Gasteiger partial charge in [0.05, 0.1) is 12.1 Å². The van der Waals surface area contributed by atoms with Gasteiger partial charge in [-0.15, -0.1) is 0 Å². The Morgan fingerprint density at radius 2 is 1.95 bits per heavy atom. The molecule has 0 spiro atoms. The lowest BCUT2D eigenvalue weighted by atomic mass is 9.93. The Kier molecular flexibility index (Phi) is 7.16. The molecular weight excluding hydrogens is 281 g/mol. The molecule has 0 saturated heterocycles. The van der Waals surface area contributed by atoms with Crippen molar-refractivity contribution in [2.24, 2.45) is 5.92 Å². The topological polar surface area (TPSA) is 21.3 Å². The van der Waals surface area contributed by atoms with Crippen LogP contribution < -0.4 is 5.32 Å². The quantitative estimate of drug-likeness (QED) is 0.788. The summed E-state index contributed by atoms with van der Waals surface area (Å²) in [6, 6.07) is 5.62. The van der Waals surface area contributed by atoms with Crippen LogP contribution >= 0.6 is 23.2 Å². The second-order valence-electron chi connectivity index (χ2n) is 5.04. The first-order valence-corrected chi connectivity index (χ1v) is 7.48. The van der Waals surface area contributed by atoms with Crippen LogP contribution in [-0.4, -0.2) is 19.8 Å². The van der Waals surface area contributed by atoms with Crippen molar-refractivity contribution in [1.82, 2.24) is 5.32 Å². The Morgan fingerprint density at radius 1 is 1.26 bits per heavy atom. The Balaban J connectivity index is 3.10. The fourth-order valence-electron chi connectivity index (χ4n) is 2.25. The highest BCUT2D eigenvalue weighted by Gasteiger charge is 2.27. The van der Waals surface area contributed by atoms with Crippen LogP contribution in [-0.2, 0) is 4.74 Å². The molecule has 0 saturated carbocycles. The van der Waals surface area contributed by atoms with Crippen LogP contribution in [0.5, 0.6) is 0 Å². The Labute approximate surface area is 126 Å². The molecule has 0 radical (unpaired) electrons. The minimum atomic E-state index is 0.0520. The third-order valence-electron chi connectivity index (χ3n) is 3.17. The van der Waals surface area contributed by atoms with E-state index in [1.54, 1.807) is 13.2 Å². The smallest absolute Gasteiger partial charge is 0.0789 e. The summed E-state index contributed by atoms with van der Waals surface area (Å²) < 4.78 is 5.66. The van der Waals surface area contributed by atoms with E-state index in [4.69, 9.17) is 27.9 Å². The summed E-state index contributed by atoms with van der Waals surface area (Å²) in [4.78, 5) is 0. The van der Waals surface area contributed by atoms with Gasteiger partial charge in [0.25, 0.3) is 0 Å². The average molecular weight is 304 g/mol. The Bertz CT molecular complexity index is 396. The molecule has 0 aliphatic rings. The van der Waals surface area contributed by atoms with E-state index in [9.17, 15) is 0 Å². The van der Waals surface area contributed by atoms with Crippen molar-refractivity contribution in [3.8, 4) is 0 Å². The summed E-state index contributed by atoms with van der Waals surface area (Å²) in [5.41, 5.74) is 1.00. The second-order valence-corrected chi connectivity index (χ2v) is 5.89. The Morgan fingerprint density at radius 3 is 2.47 bits per heavy atom. The highest BCUT2D eigenvalue weighted by atomic mass is 35.5. The number of benzene rings is 1. The summed E-state index contributed by atoms with van der Waals surface area (Å²) in [6.07, 6.45) is 1.12. The molecule has 1 aromatic rings. The molecule has 0 amide bonds. The maximum atomic E-state index is 6.32. The molecule has 1 N–H and O–H groups in total. The zero-order valence-corrected chi connectivity index (χ0v) is 13.6. The third kappa shape index (κ3) is 4.64. The summed E-state index contributed by atoms with van der Waals surface area (Å²) in [5.74, 6) is 0.384. The standard InChI is InChI=1S/C15H23Cl2NO/c1-5-8-18-14(15(19-4)10(2)3)12-9-11(16)6-7-13(12)17/h6-7,9-10,14-15,18H,5,8H2,1-4H3. The van der Waals surface area contributed by atoms with E-state index < -0.39 is 0 Å². The van der Waals surface area contributed by atoms with E-state index >= 15 is 0 Å². The zero-order chi connectivity index (χ0) is 14.4. The summed E-state index contributed by atoms with van der Waals surface area (Å²) in [5, 5.41) is 4.94. The molecule has 0 fully saturated rings. The van der Waals surface area contributed by atoms with Gasteiger partial charge in [-0.3, -0.25) is 0 Å². The monoisotopic (exact) mass is 303 g/mol. The summed E-state index contributed by atoms with van der Waals surface area (Å²) in [6.45, 7) is 7.35. The number of rotatable bonds is 7. The van der Waals surface area contributed by atoms with E-state index in [0.29, 0.717) is 10.9 Å². The van der Waals surface area contributed by atoms with Gasteiger partial charge in [-0.2, -0.15) is 0 Å². The predicted molar refractivity (Wildman–Crippen MR) is 83.1 cm³/mol. The van der Waals surface area contributed by atoms with Gasteiger partial charge in [-0.05, 0) is 42.6 Å². The van der Waals surface area contributed by atoms with E-state index in [-0.39, 0.29) is 12.1 Å². The first-order valence-electron chi connectivity index (χ1n) is 6.72. The highest BCUT2D eigenvalue weighted by molar-refractivity contribution is 6.33. The lowest BCUT2D eigenvalue weighted by Crippen LogP contribution is -2.37. The van der Waals surface area contributed by atoms with Gasteiger partial charge < -0.3 is 10.1 Å². The number of hydrogen-bond acceptors (Lipinski definition) is 2. The van der Waals surface area contributed by atoms with Crippen LogP contribution in [0.4, 0.5) is 0 Å². The Hall–Kier alpha value is -0.280. The van der Waals surface area contributed by atoms with Crippen molar-refractivity contribution in [2.75, 3.05) is 13.7 Å². The fourth-order valence-corrected chi connectivity index (χ4v) is 2.66. The molecule has 108 valence electrons. The van der Waals surface area contributed by atoms with E-state index in [0.717, 1.165) is 23.6 Å². The molecular formula is C15H23Cl2NO. The van der Waals surface area contributed by atoms with Crippen molar-refractivity contribution in [2.45, 2.75) is 39.3 Å². The number of halogens is 2. The van der Waals surface area contributed by atoms with E-state index in [2.05, 4.69) is 26.1 Å². The van der Waals surface area contributed by atoms with Gasteiger partial charge in [0, 0.05) is 17.2 Å². The number of ether oxygens (including phenoxy) is 1. The second kappa shape index (κ2) is 8.11. The van der Waals surface area contributed by atoms with Crippen molar-refractivity contribution >= 4 is 23.2 Å². The lowest BCUT2D eigenvalue weighted by Gasteiger charge is -2.31. The van der Waals surface area contributed by atoms with Crippen molar-refractivity contribution in [3.05, 3.63) is 33.8 Å². The first kappa shape index (κ1) is 16.8. The third-order valence-corrected chi connectivity index (χ3v) is 3.74. The number of hydrogen-bond donors (Lipinski definition) is 1. The molecule has 2 nitrogen and oxygen atoms in total. The molecule has 0 aromatic heterocycles. The largest absolute Gasteiger partial charge is 0.379 e. The summed E-state index contributed by atoms with van der Waals surface area (Å²) in [7, 11) is 1.74. The van der Waals surface area contributed by atoms with E-state index in [1.807, 2.05) is 12.1 Å². The van der Waals surface area contributed by atoms with E-state index in [1.165, 1.54) is 0 Å². The van der Waals surface area contributed by atoms with Crippen molar-refractivity contribution in [3.63, 3.8) is 0 Å². The molecule has 4 heteroatoms. The van der Waals surface area contributed by atoms with Crippen molar-refractivity contribution in [1.29, 1.82) is 0 Å². The molecule has 2 unspecified atom stereocenters. The number of nitrogens with one attached hydrogen (secondary N) is 1. The number of methoxy groups -OCH3 is 1. The van der Waals surface area contributed by atoms with Gasteiger partial charge in [-0.25, -0.2) is 0 Å². The molecule has 0 heterocycles. The van der Waals surface area contributed by atoms with Crippen LogP contribution in [0.1, 0.15) is 38.8 Å². The van der Waals surface area contributed by atoms with Gasteiger partial charge in [-0.1, -0.05) is 44.0 Å². The predicted octanol–water partition coefficient (Wildman–Crippen LogP) is 4.71. The minimum Gasteiger partial charge on any atom is -0.379 e. The molecule has 19 heavy (non-hydrogen) atoms. The minimum absolute atomic E-state index is 0.0520. The van der Waals surface area contributed by atoms with Gasteiger partial charge in [0.15, 0.2) is 0 Å². The molecule has 0 bridgehead atoms. The van der Waals surface area contributed by atoms with Gasteiger partial charge in [0.1, 0.15) is 0 Å². The fraction of sp³-hybridized carbons (Fsp3) is 0.600. The van der Waals surface area contributed by atoms with Crippen LogP contribution in [0.15, 0.2) is 18.2 Å². The average Bonchev–Trinajstić information content (AvgIpc) is 2.37. The maximum Gasteiger partial charge on any atom is 0.0789 e. The van der Waals surface area contributed by atoms with Gasteiger partial charge >= 0.3 is 0 Å². The molecule has 2 atom stereocenters. The molecule has 0 aliphatic carbocycles. The molecule has 1 aromatic carbocycles. The molecule has 1 rings (SSSR count). The van der Waals surface area contributed by atoms with Crippen LogP contribution in [0.2, 0.25) is 10.0 Å². The summed E-state index contributed by atoms with van der Waals surface area (Å²) >= 11 is 12.4. The lowest BCUT2D eigenvalue weighted by molar-refractivity contribution is 0.0327.